The van der Waals surface area contributed by atoms with E-state index in [0.29, 0.717) is 0 Å². The molecule has 0 amide bonds. The Labute approximate surface area is 141 Å². The Kier molecular flexibility index (Phi) is 4.71. The van der Waals surface area contributed by atoms with Gasteiger partial charge in [-0.15, -0.1) is 0 Å². The molecule has 3 atom stereocenters. The van der Waals surface area contributed by atoms with Crippen LogP contribution in [0.1, 0.15) is 11.1 Å². The molecule has 24 heavy (non-hydrogen) atoms. The van der Waals surface area contributed by atoms with Crippen LogP contribution in [0.3, 0.4) is 0 Å². The predicted octanol–water partition coefficient (Wildman–Crippen LogP) is 1.84. The van der Waals surface area contributed by atoms with Gasteiger partial charge < -0.3 is 20.1 Å². The number of aliphatic hydroxyl groups excluding tert-OH is 1. The summed E-state index contributed by atoms with van der Waals surface area (Å²) in [5.74, 6) is 0. The topological polar surface area (TPSA) is 69.9 Å². The molecule has 0 bridgehead atoms. The summed E-state index contributed by atoms with van der Waals surface area (Å²) >= 11 is 0. The normalized spacial score (nSPS) is 29.2. The SMILES string of the molecule is OC[C@H]1OC=C[C@](O)(Cc2ccccc2)[C@@]1(O)Cc1ccccc1. The molecule has 0 spiro atoms. The highest BCUT2D eigenvalue weighted by molar-refractivity contribution is 5.29. The first-order valence-corrected chi connectivity index (χ1v) is 8.04. The minimum absolute atomic E-state index is 0.173. The maximum atomic E-state index is 11.4. The van der Waals surface area contributed by atoms with Crippen molar-refractivity contribution in [1.82, 2.24) is 0 Å². The maximum absolute atomic E-state index is 11.4. The number of ether oxygens (including phenoxy) is 1. The van der Waals surface area contributed by atoms with E-state index in [1.165, 1.54) is 12.3 Å². The van der Waals surface area contributed by atoms with Gasteiger partial charge in [-0.05, 0) is 17.2 Å². The molecule has 4 nitrogen and oxygen atoms in total. The second-order valence-corrected chi connectivity index (χ2v) is 6.28. The van der Waals surface area contributed by atoms with Crippen LogP contribution in [0.25, 0.3) is 0 Å². The molecule has 2 aromatic rings. The number of rotatable bonds is 5. The van der Waals surface area contributed by atoms with Crippen LogP contribution in [0, 0.1) is 0 Å². The summed E-state index contributed by atoms with van der Waals surface area (Å²) < 4.78 is 5.41. The van der Waals surface area contributed by atoms with Gasteiger partial charge in [0, 0.05) is 12.8 Å². The number of hydrogen-bond donors (Lipinski definition) is 3. The summed E-state index contributed by atoms with van der Waals surface area (Å²) in [6.45, 7) is -0.384. The molecule has 0 radical (unpaired) electrons. The molecular weight excluding hydrogens is 304 g/mol. The van der Waals surface area contributed by atoms with E-state index in [1.807, 2.05) is 60.7 Å². The molecule has 4 heteroatoms. The Balaban J connectivity index is 1.97. The second kappa shape index (κ2) is 6.77. The van der Waals surface area contributed by atoms with Gasteiger partial charge in [-0.1, -0.05) is 60.7 Å². The summed E-state index contributed by atoms with van der Waals surface area (Å²) in [7, 11) is 0. The highest BCUT2D eigenvalue weighted by Crippen LogP contribution is 2.38. The summed E-state index contributed by atoms with van der Waals surface area (Å²) in [6, 6.07) is 18.9. The molecule has 2 aromatic carbocycles. The molecule has 1 heterocycles. The van der Waals surface area contributed by atoms with Crippen molar-refractivity contribution < 1.29 is 20.1 Å². The molecule has 0 aromatic heterocycles. The van der Waals surface area contributed by atoms with Crippen LogP contribution in [0.2, 0.25) is 0 Å². The van der Waals surface area contributed by atoms with Crippen LogP contribution >= 0.6 is 0 Å². The van der Waals surface area contributed by atoms with Gasteiger partial charge in [0.15, 0.2) is 6.10 Å². The summed E-state index contributed by atoms with van der Waals surface area (Å²) in [5.41, 5.74) is -1.43. The van der Waals surface area contributed by atoms with Crippen molar-refractivity contribution in [3.05, 3.63) is 84.1 Å². The molecule has 1 aliphatic heterocycles. The molecule has 126 valence electrons. The van der Waals surface area contributed by atoms with E-state index in [-0.39, 0.29) is 19.4 Å². The molecule has 3 N–H and O–H groups in total. The Morgan fingerprint density at radius 1 is 0.833 bits per heavy atom. The zero-order chi connectivity index (χ0) is 17.0. The Hall–Kier alpha value is -2.14. The van der Waals surface area contributed by atoms with Crippen LogP contribution in [-0.4, -0.2) is 39.2 Å². The monoisotopic (exact) mass is 326 g/mol. The minimum Gasteiger partial charge on any atom is -0.493 e. The molecule has 3 rings (SSSR count). The lowest BCUT2D eigenvalue weighted by atomic mass is 9.70. The quantitative estimate of drug-likeness (QED) is 0.784. The molecule has 0 saturated carbocycles. The van der Waals surface area contributed by atoms with Gasteiger partial charge in [-0.3, -0.25) is 0 Å². The van der Waals surface area contributed by atoms with Crippen LogP contribution in [0.5, 0.6) is 0 Å². The van der Waals surface area contributed by atoms with Crippen LogP contribution in [0.4, 0.5) is 0 Å². The third-order valence-corrected chi connectivity index (χ3v) is 4.67. The third-order valence-electron chi connectivity index (χ3n) is 4.67. The molecule has 0 fully saturated rings. The molecule has 0 unspecified atom stereocenters. The van der Waals surface area contributed by atoms with E-state index >= 15 is 0 Å². The Morgan fingerprint density at radius 3 is 1.92 bits per heavy atom. The first-order chi connectivity index (χ1) is 11.6. The van der Waals surface area contributed by atoms with E-state index in [1.54, 1.807) is 0 Å². The van der Waals surface area contributed by atoms with Gasteiger partial charge >= 0.3 is 0 Å². The van der Waals surface area contributed by atoms with E-state index < -0.39 is 17.3 Å². The minimum atomic E-state index is -1.65. The van der Waals surface area contributed by atoms with Crippen molar-refractivity contribution in [1.29, 1.82) is 0 Å². The van der Waals surface area contributed by atoms with Crippen LogP contribution in [-0.2, 0) is 17.6 Å². The van der Waals surface area contributed by atoms with Gasteiger partial charge in [0.2, 0.25) is 0 Å². The highest BCUT2D eigenvalue weighted by atomic mass is 16.5. The first kappa shape index (κ1) is 16.7. The van der Waals surface area contributed by atoms with E-state index in [0.717, 1.165) is 11.1 Å². The van der Waals surface area contributed by atoms with Gasteiger partial charge in [-0.2, -0.15) is 0 Å². The summed E-state index contributed by atoms with van der Waals surface area (Å²) in [6.07, 6.45) is 2.34. The van der Waals surface area contributed by atoms with Crippen molar-refractivity contribution >= 4 is 0 Å². The zero-order valence-electron chi connectivity index (χ0n) is 13.4. The molecular formula is C20H22O4. The van der Waals surface area contributed by atoms with Crippen molar-refractivity contribution in [2.45, 2.75) is 30.1 Å². The van der Waals surface area contributed by atoms with Gasteiger partial charge in [0.05, 0.1) is 12.9 Å². The van der Waals surface area contributed by atoms with Crippen molar-refractivity contribution in [2.75, 3.05) is 6.61 Å². The maximum Gasteiger partial charge on any atom is 0.153 e. The van der Waals surface area contributed by atoms with E-state index in [2.05, 4.69) is 0 Å². The largest absolute Gasteiger partial charge is 0.493 e. The number of aliphatic hydroxyl groups is 3. The average Bonchev–Trinajstić information content (AvgIpc) is 2.59. The fourth-order valence-electron chi connectivity index (χ4n) is 3.27. The van der Waals surface area contributed by atoms with Gasteiger partial charge in [0.1, 0.15) is 11.2 Å². The zero-order valence-corrected chi connectivity index (χ0v) is 13.4. The van der Waals surface area contributed by atoms with Gasteiger partial charge in [0.25, 0.3) is 0 Å². The highest BCUT2D eigenvalue weighted by Gasteiger charge is 2.55. The lowest BCUT2D eigenvalue weighted by molar-refractivity contribution is -0.203. The standard InChI is InChI=1S/C20H22O4/c21-15-18-20(23,14-17-9-5-2-6-10-17)19(22,11-12-24-18)13-16-7-3-1-4-8-16/h1-12,18,21-23H,13-15H2/t18-,19+,20-/m1/s1. The predicted molar refractivity (Wildman–Crippen MR) is 91.3 cm³/mol. The number of hydrogen-bond acceptors (Lipinski definition) is 4. The lowest BCUT2D eigenvalue weighted by Crippen LogP contribution is -2.65. The Bertz CT molecular complexity index is 685. The third kappa shape index (κ3) is 3.08. The second-order valence-electron chi connectivity index (χ2n) is 6.28. The summed E-state index contributed by atoms with van der Waals surface area (Å²) in [4.78, 5) is 0. The summed E-state index contributed by atoms with van der Waals surface area (Å²) in [5, 5.41) is 32.3. The fraction of sp³-hybridized carbons (Fsp3) is 0.300. The fourth-order valence-corrected chi connectivity index (χ4v) is 3.27. The number of benzene rings is 2. The molecule has 0 saturated heterocycles. The van der Waals surface area contributed by atoms with Crippen LogP contribution < -0.4 is 0 Å². The molecule has 1 aliphatic rings. The van der Waals surface area contributed by atoms with Crippen molar-refractivity contribution in [2.24, 2.45) is 0 Å². The first-order valence-electron chi connectivity index (χ1n) is 8.04. The van der Waals surface area contributed by atoms with Gasteiger partial charge in [-0.25, -0.2) is 0 Å². The van der Waals surface area contributed by atoms with Crippen molar-refractivity contribution in [3.63, 3.8) is 0 Å². The van der Waals surface area contributed by atoms with E-state index in [4.69, 9.17) is 4.74 Å². The molecule has 0 aliphatic carbocycles. The lowest BCUT2D eigenvalue weighted by Gasteiger charge is -2.48. The smallest absolute Gasteiger partial charge is 0.153 e. The van der Waals surface area contributed by atoms with Crippen molar-refractivity contribution in [3.8, 4) is 0 Å². The van der Waals surface area contributed by atoms with E-state index in [9.17, 15) is 15.3 Å². The average molecular weight is 326 g/mol. The van der Waals surface area contributed by atoms with Crippen LogP contribution in [0.15, 0.2) is 73.0 Å². The Morgan fingerprint density at radius 2 is 1.38 bits per heavy atom.